The van der Waals surface area contributed by atoms with Gasteiger partial charge in [-0.15, -0.1) is 0 Å². The monoisotopic (exact) mass is 760 g/mol. The van der Waals surface area contributed by atoms with Crippen LogP contribution in [0.5, 0.6) is 0 Å². The van der Waals surface area contributed by atoms with Gasteiger partial charge in [-0.1, -0.05) is 160 Å². The molecule has 294 valence electrons. The SMILES string of the molecule is CC(C)c1ccc(N(c2ccc(C=Cc3ccc4cc(N(c5ccc(C(C)C)cc5)c5ccc(C(C)(C)C)cc5)ccc4c3)cc2)c2ccc(C(C)(C)C)cc2)cc1. The van der Waals surface area contributed by atoms with Gasteiger partial charge in [-0.25, -0.2) is 0 Å². The van der Waals surface area contributed by atoms with Crippen molar-refractivity contribution in [1.82, 2.24) is 0 Å². The molecular formula is C56H60N2. The summed E-state index contributed by atoms with van der Waals surface area (Å²) < 4.78 is 0. The molecule has 2 heteroatoms. The van der Waals surface area contributed by atoms with Crippen LogP contribution in [0.4, 0.5) is 34.1 Å². The van der Waals surface area contributed by atoms with E-state index in [1.54, 1.807) is 0 Å². The Hall–Kier alpha value is -5.86. The van der Waals surface area contributed by atoms with E-state index in [1.165, 1.54) is 38.6 Å². The van der Waals surface area contributed by atoms with E-state index in [2.05, 4.69) is 249 Å². The molecule has 0 saturated carbocycles. The molecule has 7 rings (SSSR count). The fraction of sp³-hybridized carbons (Fsp3) is 0.250. The maximum atomic E-state index is 2.37. The summed E-state index contributed by atoms with van der Waals surface area (Å²) in [4.78, 5) is 4.72. The molecule has 0 unspecified atom stereocenters. The van der Waals surface area contributed by atoms with E-state index < -0.39 is 0 Å². The van der Waals surface area contributed by atoms with E-state index in [-0.39, 0.29) is 10.8 Å². The molecule has 0 aromatic heterocycles. The summed E-state index contributed by atoms with van der Waals surface area (Å²) in [5, 5.41) is 2.43. The van der Waals surface area contributed by atoms with Gasteiger partial charge in [-0.3, -0.25) is 0 Å². The molecule has 0 saturated heterocycles. The molecule has 0 N–H and O–H groups in total. The summed E-state index contributed by atoms with van der Waals surface area (Å²) in [5.74, 6) is 0.979. The Kier molecular flexibility index (Phi) is 11.5. The highest BCUT2D eigenvalue weighted by atomic mass is 15.1. The van der Waals surface area contributed by atoms with Crippen molar-refractivity contribution in [3.05, 3.63) is 191 Å². The zero-order valence-corrected chi connectivity index (χ0v) is 36.2. The van der Waals surface area contributed by atoms with Gasteiger partial charge in [0.05, 0.1) is 0 Å². The molecule has 7 aromatic rings. The third-order valence-electron chi connectivity index (χ3n) is 11.3. The van der Waals surface area contributed by atoms with Crippen molar-refractivity contribution in [2.45, 2.75) is 91.9 Å². The molecule has 0 spiro atoms. The normalized spacial score (nSPS) is 12.2. The first-order valence-corrected chi connectivity index (χ1v) is 21.0. The number of hydrogen-bond acceptors (Lipinski definition) is 2. The molecule has 0 heterocycles. The molecule has 7 aromatic carbocycles. The second kappa shape index (κ2) is 16.5. The molecule has 2 nitrogen and oxygen atoms in total. The van der Waals surface area contributed by atoms with Gasteiger partial charge < -0.3 is 9.80 Å². The zero-order valence-electron chi connectivity index (χ0n) is 36.2. The number of nitrogens with zero attached hydrogens (tertiary/aromatic N) is 2. The summed E-state index contributed by atoms with van der Waals surface area (Å²) in [7, 11) is 0. The van der Waals surface area contributed by atoms with Crippen molar-refractivity contribution in [3.63, 3.8) is 0 Å². The van der Waals surface area contributed by atoms with Gasteiger partial charge in [0.2, 0.25) is 0 Å². The molecule has 0 bridgehead atoms. The van der Waals surface area contributed by atoms with E-state index >= 15 is 0 Å². The molecule has 0 aliphatic rings. The molecule has 0 radical (unpaired) electrons. The topological polar surface area (TPSA) is 6.48 Å². The van der Waals surface area contributed by atoms with Gasteiger partial charge in [0.25, 0.3) is 0 Å². The molecule has 0 amide bonds. The van der Waals surface area contributed by atoms with E-state index in [0.717, 1.165) is 39.7 Å². The van der Waals surface area contributed by atoms with Crippen LogP contribution in [-0.2, 0) is 10.8 Å². The third kappa shape index (κ3) is 9.13. The van der Waals surface area contributed by atoms with Gasteiger partial charge in [0.1, 0.15) is 0 Å². The summed E-state index contributed by atoms with van der Waals surface area (Å²) >= 11 is 0. The van der Waals surface area contributed by atoms with Crippen LogP contribution in [0.25, 0.3) is 22.9 Å². The van der Waals surface area contributed by atoms with Gasteiger partial charge in [0.15, 0.2) is 0 Å². The molecule has 0 aliphatic heterocycles. The number of anilines is 6. The standard InChI is InChI=1S/C56H60N2/c1-39(2)43-17-28-50(29-18-43)57(52-33-22-47(23-34-52)55(5,6)7)49-26-14-41(15-27-49)11-12-42-13-16-46-38-54(32-21-45(46)37-42)58(51-30-19-44(20-31-51)40(3)4)53-35-24-48(25-36-53)56(8,9)10/h11-40H,1-10H3. The third-order valence-corrected chi connectivity index (χ3v) is 11.3. The van der Waals surface area contributed by atoms with Crippen LogP contribution in [0, 0.1) is 0 Å². The van der Waals surface area contributed by atoms with Gasteiger partial charge in [-0.05, 0) is 146 Å². The predicted molar refractivity (Wildman–Crippen MR) is 254 cm³/mol. The van der Waals surface area contributed by atoms with Crippen LogP contribution in [0.3, 0.4) is 0 Å². The van der Waals surface area contributed by atoms with Crippen molar-refractivity contribution in [2.75, 3.05) is 9.80 Å². The minimum Gasteiger partial charge on any atom is -0.311 e. The molecule has 0 aliphatic carbocycles. The lowest BCUT2D eigenvalue weighted by atomic mass is 9.87. The lowest BCUT2D eigenvalue weighted by molar-refractivity contribution is 0.590. The molecule has 0 fully saturated rings. The van der Waals surface area contributed by atoms with Gasteiger partial charge in [-0.2, -0.15) is 0 Å². The molecule has 0 atom stereocenters. The second-order valence-corrected chi connectivity index (χ2v) is 18.5. The fourth-order valence-electron chi connectivity index (χ4n) is 7.55. The van der Waals surface area contributed by atoms with Crippen molar-refractivity contribution < 1.29 is 0 Å². The lowest BCUT2D eigenvalue weighted by Crippen LogP contribution is -2.13. The van der Waals surface area contributed by atoms with Crippen molar-refractivity contribution >= 4 is 57.0 Å². The first kappa shape index (κ1) is 40.3. The Bertz CT molecular complexity index is 2470. The maximum Gasteiger partial charge on any atom is 0.0468 e. The Labute approximate surface area is 348 Å². The van der Waals surface area contributed by atoms with E-state index in [1.807, 2.05) is 0 Å². The second-order valence-electron chi connectivity index (χ2n) is 18.5. The van der Waals surface area contributed by atoms with E-state index in [9.17, 15) is 0 Å². The average molecular weight is 761 g/mol. The Morgan fingerprint density at radius 3 is 1.07 bits per heavy atom. The zero-order chi connectivity index (χ0) is 41.2. The van der Waals surface area contributed by atoms with Crippen LogP contribution >= 0.6 is 0 Å². The van der Waals surface area contributed by atoms with Crippen molar-refractivity contribution in [3.8, 4) is 0 Å². The fourth-order valence-corrected chi connectivity index (χ4v) is 7.55. The van der Waals surface area contributed by atoms with E-state index in [4.69, 9.17) is 0 Å². The minimum atomic E-state index is 0.0991. The van der Waals surface area contributed by atoms with Crippen molar-refractivity contribution in [2.24, 2.45) is 0 Å². The minimum absolute atomic E-state index is 0.0991. The van der Waals surface area contributed by atoms with Crippen LogP contribution in [0.15, 0.2) is 158 Å². The van der Waals surface area contributed by atoms with Crippen LogP contribution < -0.4 is 9.80 Å². The number of rotatable bonds is 10. The lowest BCUT2D eigenvalue weighted by Gasteiger charge is -2.27. The summed E-state index contributed by atoms with van der Waals surface area (Å²) in [6, 6.07) is 58.6. The summed E-state index contributed by atoms with van der Waals surface area (Å²) in [6.07, 6.45) is 4.43. The number of hydrogen-bond donors (Lipinski definition) is 0. The highest BCUT2D eigenvalue weighted by Gasteiger charge is 2.19. The van der Waals surface area contributed by atoms with Crippen LogP contribution in [0.2, 0.25) is 0 Å². The summed E-state index contributed by atoms with van der Waals surface area (Å²) in [6.45, 7) is 22.6. The Morgan fingerprint density at radius 2 is 0.655 bits per heavy atom. The smallest absolute Gasteiger partial charge is 0.0468 e. The Balaban J connectivity index is 1.15. The molecular weight excluding hydrogens is 701 g/mol. The number of fused-ring (bicyclic) bond motifs is 1. The average Bonchev–Trinajstić information content (AvgIpc) is 3.21. The van der Waals surface area contributed by atoms with Gasteiger partial charge >= 0.3 is 0 Å². The van der Waals surface area contributed by atoms with Crippen LogP contribution in [-0.4, -0.2) is 0 Å². The van der Waals surface area contributed by atoms with Gasteiger partial charge in [0, 0.05) is 34.1 Å². The summed E-state index contributed by atoms with van der Waals surface area (Å²) in [5.41, 5.74) is 14.8. The largest absolute Gasteiger partial charge is 0.311 e. The van der Waals surface area contributed by atoms with Crippen LogP contribution in [0.1, 0.15) is 114 Å². The quantitative estimate of drug-likeness (QED) is 0.128. The highest BCUT2D eigenvalue weighted by molar-refractivity contribution is 5.91. The first-order valence-electron chi connectivity index (χ1n) is 21.0. The maximum absolute atomic E-state index is 2.37. The van der Waals surface area contributed by atoms with Crippen molar-refractivity contribution in [1.29, 1.82) is 0 Å². The predicted octanol–water partition coefficient (Wildman–Crippen LogP) is 16.8. The molecule has 58 heavy (non-hydrogen) atoms. The van der Waals surface area contributed by atoms with E-state index in [0.29, 0.717) is 11.8 Å². The number of benzene rings is 7. The highest BCUT2D eigenvalue weighted by Crippen LogP contribution is 2.39. The Morgan fingerprint density at radius 1 is 0.345 bits per heavy atom. The first-order chi connectivity index (χ1) is 27.6.